The average molecular weight is 383 g/mol. The topological polar surface area (TPSA) is 72.8 Å². The minimum atomic E-state index is -0.681. The summed E-state index contributed by atoms with van der Waals surface area (Å²) in [5.41, 5.74) is -0.989. The summed E-state index contributed by atoms with van der Waals surface area (Å²) in [7, 11) is 0. The Hall–Kier alpha value is -1.36. The normalized spacial score (nSPS) is 26.0. The second kappa shape index (κ2) is 8.76. The van der Waals surface area contributed by atoms with Gasteiger partial charge in [0.1, 0.15) is 6.10 Å². The summed E-state index contributed by atoms with van der Waals surface area (Å²) in [5.74, 6) is -0.656. The predicted molar refractivity (Wildman–Crippen MR) is 106 cm³/mol. The van der Waals surface area contributed by atoms with Gasteiger partial charge in [0.15, 0.2) is 0 Å². The number of carbonyl (C=O) groups is 2. The van der Waals surface area contributed by atoms with E-state index in [1.54, 1.807) is 0 Å². The van der Waals surface area contributed by atoms with E-state index in [4.69, 9.17) is 9.47 Å². The molecule has 1 saturated carbocycles. The number of aliphatic hydroxyl groups excluding tert-OH is 1. The summed E-state index contributed by atoms with van der Waals surface area (Å²) in [6.07, 6.45) is 2.33. The molecule has 0 heterocycles. The van der Waals surface area contributed by atoms with Gasteiger partial charge >= 0.3 is 11.9 Å². The van der Waals surface area contributed by atoms with E-state index >= 15 is 0 Å². The summed E-state index contributed by atoms with van der Waals surface area (Å²) >= 11 is 0. The van der Waals surface area contributed by atoms with Crippen molar-refractivity contribution in [3.05, 3.63) is 12.7 Å². The van der Waals surface area contributed by atoms with Crippen LogP contribution in [0.3, 0.4) is 0 Å². The molecule has 0 amide bonds. The van der Waals surface area contributed by atoms with E-state index in [9.17, 15) is 14.7 Å². The second-order valence-corrected chi connectivity index (χ2v) is 10.3. The smallest absolute Gasteiger partial charge is 0.330 e. The molecule has 0 aliphatic heterocycles. The number of hydrogen-bond donors (Lipinski definition) is 1. The molecule has 0 bridgehead atoms. The molecular weight excluding hydrogens is 344 g/mol. The molecule has 1 fully saturated rings. The first kappa shape index (κ1) is 23.7. The van der Waals surface area contributed by atoms with Gasteiger partial charge < -0.3 is 14.6 Å². The minimum Gasteiger partial charge on any atom is -0.462 e. The summed E-state index contributed by atoms with van der Waals surface area (Å²) in [5, 5.41) is 10.4. The van der Waals surface area contributed by atoms with Gasteiger partial charge in [-0.3, -0.25) is 4.79 Å². The van der Waals surface area contributed by atoms with Crippen LogP contribution in [0.2, 0.25) is 0 Å². The second-order valence-electron chi connectivity index (χ2n) is 10.3. The molecule has 4 atom stereocenters. The lowest BCUT2D eigenvalue weighted by Gasteiger charge is -2.45. The maximum Gasteiger partial charge on any atom is 0.330 e. The van der Waals surface area contributed by atoms with Gasteiger partial charge in [0.2, 0.25) is 0 Å². The van der Waals surface area contributed by atoms with Crippen molar-refractivity contribution in [2.24, 2.45) is 22.2 Å². The molecule has 0 radical (unpaired) electrons. The molecule has 1 aliphatic rings. The van der Waals surface area contributed by atoms with E-state index in [-0.39, 0.29) is 29.3 Å². The number of hydrogen-bond acceptors (Lipinski definition) is 5. The molecular formula is C22H38O5. The summed E-state index contributed by atoms with van der Waals surface area (Å²) in [6, 6.07) is 0. The number of carbonyl (C=O) groups excluding carboxylic acids is 2. The van der Waals surface area contributed by atoms with Crippen LogP contribution in [0.15, 0.2) is 12.7 Å². The molecule has 1 aliphatic carbocycles. The number of rotatable bonds is 6. The summed E-state index contributed by atoms with van der Waals surface area (Å²) in [6.45, 7) is 18.1. The zero-order valence-corrected chi connectivity index (χ0v) is 18.1. The van der Waals surface area contributed by atoms with E-state index < -0.39 is 23.6 Å². The van der Waals surface area contributed by atoms with Crippen molar-refractivity contribution < 1.29 is 24.2 Å². The van der Waals surface area contributed by atoms with Crippen molar-refractivity contribution in [1.82, 2.24) is 0 Å². The maximum atomic E-state index is 13.2. The molecule has 0 aromatic carbocycles. The highest BCUT2D eigenvalue weighted by Gasteiger charge is 2.49. The molecule has 1 N–H and O–H groups in total. The molecule has 5 heteroatoms. The van der Waals surface area contributed by atoms with Crippen molar-refractivity contribution in [2.45, 2.75) is 86.4 Å². The fourth-order valence-electron chi connectivity index (χ4n) is 3.70. The average Bonchev–Trinajstić information content (AvgIpc) is 2.52. The van der Waals surface area contributed by atoms with Crippen molar-refractivity contribution in [3.63, 3.8) is 0 Å². The molecule has 0 spiro atoms. The van der Waals surface area contributed by atoms with Crippen molar-refractivity contribution in [1.29, 1.82) is 0 Å². The Morgan fingerprint density at radius 2 is 1.70 bits per heavy atom. The number of esters is 2. The Labute approximate surface area is 164 Å². The zero-order chi connectivity index (χ0) is 21.0. The van der Waals surface area contributed by atoms with Gasteiger partial charge in [-0.05, 0) is 49.4 Å². The fraction of sp³-hybridized carbons (Fsp3) is 0.818. The first-order chi connectivity index (χ1) is 12.2. The van der Waals surface area contributed by atoms with Crippen LogP contribution in [0.5, 0.6) is 0 Å². The first-order valence-electron chi connectivity index (χ1n) is 9.88. The molecule has 27 heavy (non-hydrogen) atoms. The molecule has 4 unspecified atom stereocenters. The third-order valence-corrected chi connectivity index (χ3v) is 5.74. The highest BCUT2D eigenvalue weighted by Crippen LogP contribution is 2.48. The third-order valence-electron chi connectivity index (χ3n) is 5.74. The highest BCUT2D eigenvalue weighted by molar-refractivity contribution is 5.81. The van der Waals surface area contributed by atoms with E-state index in [0.717, 1.165) is 12.5 Å². The van der Waals surface area contributed by atoms with Crippen LogP contribution < -0.4 is 0 Å². The van der Waals surface area contributed by atoms with Crippen LogP contribution in [0.25, 0.3) is 0 Å². The Morgan fingerprint density at radius 1 is 1.11 bits per heavy atom. The Balaban J connectivity index is 2.86. The van der Waals surface area contributed by atoms with E-state index in [0.29, 0.717) is 19.3 Å². The van der Waals surface area contributed by atoms with Crippen molar-refractivity contribution in [3.8, 4) is 0 Å². The zero-order valence-electron chi connectivity index (χ0n) is 18.1. The standard InChI is InChI=1S/C22H38O5/c1-9-18(24)26-13-15-10-11-16(23)17(12-15)27-19(25)22(8,21(5,6)7)14-20(2,3)4/h9,15-17,23H,1,10-14H2,2-8H3. The Bertz CT molecular complexity index is 540. The van der Waals surface area contributed by atoms with Crippen molar-refractivity contribution in [2.75, 3.05) is 6.61 Å². The van der Waals surface area contributed by atoms with Crippen LogP contribution in [0.1, 0.15) is 74.1 Å². The van der Waals surface area contributed by atoms with Crippen LogP contribution in [-0.4, -0.2) is 35.9 Å². The monoisotopic (exact) mass is 382 g/mol. The van der Waals surface area contributed by atoms with Gasteiger partial charge in [-0.1, -0.05) is 48.1 Å². The number of aliphatic hydroxyl groups is 1. The van der Waals surface area contributed by atoms with Crippen LogP contribution in [0, 0.1) is 22.2 Å². The third kappa shape index (κ3) is 6.63. The lowest BCUT2D eigenvalue weighted by atomic mass is 9.61. The lowest BCUT2D eigenvalue weighted by Crippen LogP contribution is -2.48. The Kier molecular flexibility index (Phi) is 7.69. The maximum absolute atomic E-state index is 13.2. The highest BCUT2D eigenvalue weighted by atomic mass is 16.6. The quantitative estimate of drug-likeness (QED) is 0.548. The number of ether oxygens (including phenoxy) is 2. The molecule has 0 aromatic heterocycles. The largest absolute Gasteiger partial charge is 0.462 e. The van der Waals surface area contributed by atoms with Gasteiger partial charge in [-0.25, -0.2) is 4.79 Å². The van der Waals surface area contributed by atoms with E-state index in [2.05, 4.69) is 48.1 Å². The van der Waals surface area contributed by atoms with Gasteiger partial charge in [0, 0.05) is 6.08 Å². The molecule has 0 aromatic rings. The molecule has 5 nitrogen and oxygen atoms in total. The van der Waals surface area contributed by atoms with Crippen molar-refractivity contribution >= 4 is 11.9 Å². The predicted octanol–water partition coefficient (Wildman–Crippen LogP) is 4.28. The van der Waals surface area contributed by atoms with E-state index in [1.165, 1.54) is 0 Å². The van der Waals surface area contributed by atoms with Gasteiger partial charge in [0.25, 0.3) is 0 Å². The molecule has 156 valence electrons. The summed E-state index contributed by atoms with van der Waals surface area (Å²) in [4.78, 5) is 24.5. The lowest BCUT2D eigenvalue weighted by molar-refractivity contribution is -0.181. The first-order valence-corrected chi connectivity index (χ1v) is 9.88. The minimum absolute atomic E-state index is 0.0341. The molecule has 0 saturated heterocycles. The Morgan fingerprint density at radius 3 is 2.19 bits per heavy atom. The van der Waals surface area contributed by atoms with Gasteiger partial charge in [-0.15, -0.1) is 0 Å². The SMILES string of the molecule is C=CC(=O)OCC1CCC(O)C(OC(=O)C(C)(CC(C)(C)C)C(C)(C)C)C1. The van der Waals surface area contributed by atoms with Gasteiger partial charge in [0.05, 0.1) is 18.1 Å². The summed E-state index contributed by atoms with van der Waals surface area (Å²) < 4.78 is 11.0. The molecule has 1 rings (SSSR count). The van der Waals surface area contributed by atoms with E-state index in [1.807, 2.05) is 6.92 Å². The van der Waals surface area contributed by atoms with Crippen LogP contribution in [0.4, 0.5) is 0 Å². The van der Waals surface area contributed by atoms with Gasteiger partial charge in [-0.2, -0.15) is 0 Å². The fourth-order valence-corrected chi connectivity index (χ4v) is 3.70. The van der Waals surface area contributed by atoms with Crippen LogP contribution >= 0.6 is 0 Å². The van der Waals surface area contributed by atoms with Crippen LogP contribution in [-0.2, 0) is 19.1 Å².